The molecule has 0 amide bonds. The van der Waals surface area contributed by atoms with Crippen molar-refractivity contribution < 1.29 is 4.74 Å². The van der Waals surface area contributed by atoms with Crippen molar-refractivity contribution in [3.8, 4) is 17.1 Å². The Labute approximate surface area is 178 Å². The number of benzene rings is 2. The Morgan fingerprint density at radius 1 is 0.967 bits per heavy atom. The summed E-state index contributed by atoms with van der Waals surface area (Å²) in [4.78, 5) is 9.12. The Morgan fingerprint density at radius 2 is 1.80 bits per heavy atom. The summed E-state index contributed by atoms with van der Waals surface area (Å²) in [5.41, 5.74) is 5.66. The summed E-state index contributed by atoms with van der Waals surface area (Å²) in [6.45, 7) is 2.08. The highest BCUT2D eigenvalue weighted by Gasteiger charge is 2.26. The third-order valence-electron chi connectivity index (χ3n) is 4.78. The standard InChI is InChI=1S/C23H19N5OS/c1-15-9-11-16(12-10-15)14-30-23-26-22-20(27-28-23)17-6-2-3-7-18(17)25-21(29-22)19-8-4-5-13-24-19/h2-13,21,25H,14H2,1H3/t21-/m1/s1. The van der Waals surface area contributed by atoms with Gasteiger partial charge in [-0.3, -0.25) is 4.98 Å². The number of para-hydroxylation sites is 1. The van der Waals surface area contributed by atoms with Crippen molar-refractivity contribution in [2.75, 3.05) is 5.32 Å². The van der Waals surface area contributed by atoms with E-state index in [1.807, 2.05) is 42.5 Å². The predicted octanol–water partition coefficient (Wildman–Crippen LogP) is 5.04. The summed E-state index contributed by atoms with van der Waals surface area (Å²) in [6, 6.07) is 22.1. The van der Waals surface area contributed by atoms with E-state index in [9.17, 15) is 0 Å². The molecule has 1 N–H and O–H groups in total. The smallest absolute Gasteiger partial charge is 0.247 e. The van der Waals surface area contributed by atoms with Crippen molar-refractivity contribution in [2.45, 2.75) is 24.1 Å². The number of hydrogen-bond donors (Lipinski definition) is 1. The summed E-state index contributed by atoms with van der Waals surface area (Å²) in [7, 11) is 0. The van der Waals surface area contributed by atoms with E-state index in [2.05, 4.69) is 56.7 Å². The lowest BCUT2D eigenvalue weighted by atomic mass is 10.1. The Balaban J connectivity index is 1.48. The maximum Gasteiger partial charge on any atom is 0.247 e. The number of pyridine rings is 1. The fraction of sp³-hybridized carbons (Fsp3) is 0.130. The van der Waals surface area contributed by atoms with Gasteiger partial charge in [0.1, 0.15) is 5.69 Å². The third-order valence-corrected chi connectivity index (χ3v) is 5.69. The van der Waals surface area contributed by atoms with Crippen molar-refractivity contribution in [1.29, 1.82) is 0 Å². The molecule has 7 heteroatoms. The van der Waals surface area contributed by atoms with Gasteiger partial charge in [-0.2, -0.15) is 4.98 Å². The van der Waals surface area contributed by atoms with Crippen LogP contribution in [0.15, 0.2) is 78.1 Å². The van der Waals surface area contributed by atoms with Crippen LogP contribution in [0.1, 0.15) is 23.0 Å². The van der Waals surface area contributed by atoms with Crippen LogP contribution in [0.3, 0.4) is 0 Å². The van der Waals surface area contributed by atoms with Gasteiger partial charge in [0.25, 0.3) is 0 Å². The number of anilines is 1. The van der Waals surface area contributed by atoms with Gasteiger partial charge in [-0.05, 0) is 30.7 Å². The number of nitrogens with one attached hydrogen (secondary N) is 1. The molecule has 1 aliphatic rings. The zero-order valence-electron chi connectivity index (χ0n) is 16.3. The number of ether oxygens (including phenoxy) is 1. The number of rotatable bonds is 4. The molecule has 30 heavy (non-hydrogen) atoms. The monoisotopic (exact) mass is 413 g/mol. The average molecular weight is 414 g/mol. The van der Waals surface area contributed by atoms with Crippen molar-refractivity contribution in [1.82, 2.24) is 20.2 Å². The SMILES string of the molecule is Cc1ccc(CSc2nnc3c(n2)O[C@H](c2ccccn2)Nc2ccccc2-3)cc1. The zero-order valence-corrected chi connectivity index (χ0v) is 17.1. The van der Waals surface area contributed by atoms with Crippen LogP contribution in [-0.2, 0) is 5.75 Å². The van der Waals surface area contributed by atoms with E-state index in [1.165, 1.54) is 22.9 Å². The van der Waals surface area contributed by atoms with Crippen molar-refractivity contribution >= 4 is 17.4 Å². The molecule has 1 aliphatic heterocycles. The van der Waals surface area contributed by atoms with Gasteiger partial charge in [-0.1, -0.05) is 65.9 Å². The first kappa shape index (κ1) is 18.6. The van der Waals surface area contributed by atoms with Crippen molar-refractivity contribution in [3.63, 3.8) is 0 Å². The van der Waals surface area contributed by atoms with Crippen LogP contribution >= 0.6 is 11.8 Å². The molecule has 0 saturated carbocycles. The molecular formula is C23H19N5OS. The molecule has 0 spiro atoms. The Kier molecular flexibility index (Phi) is 5.03. The molecule has 0 aliphatic carbocycles. The van der Waals surface area contributed by atoms with Gasteiger partial charge >= 0.3 is 0 Å². The van der Waals surface area contributed by atoms with Crippen LogP contribution in [0.2, 0.25) is 0 Å². The molecule has 3 heterocycles. The van der Waals surface area contributed by atoms with Crippen LogP contribution in [0.5, 0.6) is 5.88 Å². The minimum absolute atomic E-state index is 0.449. The number of hydrogen-bond acceptors (Lipinski definition) is 7. The topological polar surface area (TPSA) is 72.8 Å². The van der Waals surface area contributed by atoms with Crippen LogP contribution in [0.4, 0.5) is 5.69 Å². The van der Waals surface area contributed by atoms with Gasteiger partial charge in [0.15, 0.2) is 5.69 Å². The van der Waals surface area contributed by atoms with Gasteiger partial charge in [0.05, 0.1) is 0 Å². The van der Waals surface area contributed by atoms with E-state index in [4.69, 9.17) is 4.74 Å². The molecule has 0 saturated heterocycles. The highest BCUT2D eigenvalue weighted by molar-refractivity contribution is 7.98. The Bertz CT molecular complexity index is 1170. The number of aromatic nitrogens is 4. The van der Waals surface area contributed by atoms with Gasteiger partial charge in [0, 0.05) is 23.2 Å². The normalized spacial score (nSPS) is 14.6. The predicted molar refractivity (Wildman–Crippen MR) is 117 cm³/mol. The molecule has 2 aromatic heterocycles. The molecule has 2 aromatic carbocycles. The Morgan fingerprint density at radius 3 is 2.63 bits per heavy atom. The van der Waals surface area contributed by atoms with Gasteiger partial charge in [-0.15, -0.1) is 10.2 Å². The second-order valence-electron chi connectivity index (χ2n) is 6.96. The first-order chi connectivity index (χ1) is 14.8. The number of fused-ring (bicyclic) bond motifs is 3. The van der Waals surface area contributed by atoms with E-state index < -0.39 is 6.23 Å². The van der Waals surface area contributed by atoms with E-state index in [-0.39, 0.29) is 0 Å². The minimum Gasteiger partial charge on any atom is -0.446 e. The van der Waals surface area contributed by atoms with E-state index >= 15 is 0 Å². The quantitative estimate of drug-likeness (QED) is 0.470. The Hall–Kier alpha value is -3.45. The van der Waals surface area contributed by atoms with E-state index in [1.54, 1.807) is 6.20 Å². The molecule has 5 rings (SSSR count). The lowest BCUT2D eigenvalue weighted by Gasteiger charge is -2.18. The lowest BCUT2D eigenvalue weighted by molar-refractivity contribution is 0.220. The summed E-state index contributed by atoms with van der Waals surface area (Å²) in [5.74, 6) is 1.21. The van der Waals surface area contributed by atoms with Crippen molar-refractivity contribution in [3.05, 3.63) is 89.7 Å². The molecule has 0 bridgehead atoms. The fourth-order valence-electron chi connectivity index (χ4n) is 3.21. The third kappa shape index (κ3) is 3.84. The summed E-state index contributed by atoms with van der Waals surface area (Å²) >= 11 is 1.54. The van der Waals surface area contributed by atoms with Gasteiger partial charge in [-0.25, -0.2) is 0 Å². The second-order valence-corrected chi connectivity index (χ2v) is 7.91. The number of thioether (sulfide) groups is 1. The number of nitrogens with zero attached hydrogens (tertiary/aromatic N) is 4. The van der Waals surface area contributed by atoms with Crippen molar-refractivity contribution in [2.24, 2.45) is 0 Å². The molecule has 6 nitrogen and oxygen atoms in total. The minimum atomic E-state index is -0.472. The summed E-state index contributed by atoms with van der Waals surface area (Å²) in [6.07, 6.45) is 1.28. The zero-order chi connectivity index (χ0) is 20.3. The molecule has 0 radical (unpaired) electrons. The second kappa shape index (κ2) is 8.12. The van der Waals surface area contributed by atoms with E-state index in [0.717, 1.165) is 22.7 Å². The van der Waals surface area contributed by atoms with Crippen LogP contribution < -0.4 is 10.1 Å². The maximum atomic E-state index is 6.23. The molecule has 4 aromatic rings. The maximum absolute atomic E-state index is 6.23. The van der Waals surface area contributed by atoms with Gasteiger partial charge < -0.3 is 10.1 Å². The average Bonchev–Trinajstić information content (AvgIpc) is 2.96. The molecular weight excluding hydrogens is 394 g/mol. The van der Waals surface area contributed by atoms with Crippen LogP contribution in [0, 0.1) is 6.92 Å². The van der Waals surface area contributed by atoms with E-state index in [0.29, 0.717) is 16.7 Å². The van der Waals surface area contributed by atoms with Crippen LogP contribution in [-0.4, -0.2) is 20.2 Å². The fourth-order valence-corrected chi connectivity index (χ4v) is 3.94. The number of aryl methyl sites for hydroxylation is 1. The molecule has 148 valence electrons. The van der Waals surface area contributed by atoms with Gasteiger partial charge in [0.2, 0.25) is 17.3 Å². The summed E-state index contributed by atoms with van der Waals surface area (Å²) < 4.78 is 6.23. The first-order valence-electron chi connectivity index (χ1n) is 9.63. The summed E-state index contributed by atoms with van der Waals surface area (Å²) in [5, 5.41) is 12.8. The first-order valence-corrected chi connectivity index (χ1v) is 10.6. The van der Waals surface area contributed by atoms with Crippen LogP contribution in [0.25, 0.3) is 11.3 Å². The lowest BCUT2D eigenvalue weighted by Crippen LogP contribution is -2.18. The molecule has 1 atom stereocenters. The highest BCUT2D eigenvalue weighted by atomic mass is 32.2. The molecule has 0 unspecified atom stereocenters. The molecule has 0 fully saturated rings. The highest BCUT2D eigenvalue weighted by Crippen LogP contribution is 2.39. The largest absolute Gasteiger partial charge is 0.446 e.